The predicted molar refractivity (Wildman–Crippen MR) is 121 cm³/mol. The number of aryl methyl sites for hydroxylation is 1. The van der Waals surface area contributed by atoms with Gasteiger partial charge in [-0.15, -0.1) is 0 Å². The summed E-state index contributed by atoms with van der Waals surface area (Å²) in [6.45, 7) is 7.00. The summed E-state index contributed by atoms with van der Waals surface area (Å²) in [5, 5.41) is 3.71. The zero-order chi connectivity index (χ0) is 22.3. The zero-order valence-corrected chi connectivity index (χ0v) is 18.6. The molecule has 162 valence electrons. The molecule has 0 spiro atoms. The molecule has 0 radical (unpaired) electrons. The number of hydrogen-bond acceptors (Lipinski definition) is 5. The lowest BCUT2D eigenvalue weighted by atomic mass is 9.75. The molecule has 1 aromatic carbocycles. The molecule has 0 saturated heterocycles. The molecular formula is C26H29NO4. The van der Waals surface area contributed by atoms with Gasteiger partial charge in [0.05, 0.1) is 5.39 Å². The van der Waals surface area contributed by atoms with Crippen LogP contribution >= 0.6 is 0 Å². The van der Waals surface area contributed by atoms with Gasteiger partial charge in [0.25, 0.3) is 0 Å². The maximum Gasteiger partial charge on any atom is 0.192 e. The normalized spacial score (nSPS) is 19.4. The van der Waals surface area contributed by atoms with E-state index >= 15 is 0 Å². The van der Waals surface area contributed by atoms with Crippen LogP contribution in [0.3, 0.4) is 0 Å². The molecule has 31 heavy (non-hydrogen) atoms. The molecule has 5 nitrogen and oxygen atoms in total. The number of rotatable bonds is 6. The molecule has 0 bridgehead atoms. The van der Waals surface area contributed by atoms with Crippen molar-refractivity contribution in [2.75, 3.05) is 0 Å². The van der Waals surface area contributed by atoms with Gasteiger partial charge >= 0.3 is 0 Å². The molecular weight excluding hydrogens is 390 g/mol. The first kappa shape index (κ1) is 21.3. The number of carbonyl (C=O) groups is 2. The predicted octanol–water partition coefficient (Wildman–Crippen LogP) is 5.07. The molecule has 1 aliphatic heterocycles. The lowest BCUT2D eigenvalue weighted by molar-refractivity contribution is -0.116. The van der Waals surface area contributed by atoms with E-state index in [4.69, 9.17) is 4.42 Å². The second-order valence-electron chi connectivity index (χ2n) is 8.90. The highest BCUT2D eigenvalue weighted by atomic mass is 16.3. The lowest BCUT2D eigenvalue weighted by Gasteiger charge is -2.32. The Balaban J connectivity index is 1.88. The fraction of sp³-hybridized carbons (Fsp3) is 0.423. The minimum absolute atomic E-state index is 0.0557. The highest BCUT2D eigenvalue weighted by Crippen LogP contribution is 2.42. The van der Waals surface area contributed by atoms with Crippen LogP contribution < -0.4 is 10.7 Å². The molecule has 4 rings (SSSR count). The molecule has 5 heteroatoms. The Morgan fingerprint density at radius 3 is 2.45 bits per heavy atom. The summed E-state index contributed by atoms with van der Waals surface area (Å²) in [6, 6.07) is 6.85. The Kier molecular flexibility index (Phi) is 5.69. The third-order valence-corrected chi connectivity index (χ3v) is 6.66. The number of Topliss-reactive ketones (excluding diaryl/α,β-unsaturated/α-hetero) is 2. The average molecular weight is 420 g/mol. The zero-order valence-electron chi connectivity index (χ0n) is 18.6. The molecule has 2 aliphatic rings. The van der Waals surface area contributed by atoms with Gasteiger partial charge in [-0.2, -0.15) is 0 Å². The first-order valence-electron chi connectivity index (χ1n) is 11.0. The summed E-state index contributed by atoms with van der Waals surface area (Å²) in [5.41, 5.74) is 3.66. The third-order valence-electron chi connectivity index (χ3n) is 6.66. The van der Waals surface area contributed by atoms with Crippen LogP contribution in [0, 0.1) is 12.8 Å². The number of hydrogen-bond donors (Lipinski definition) is 1. The van der Waals surface area contributed by atoms with Crippen LogP contribution in [-0.2, 0) is 9.59 Å². The van der Waals surface area contributed by atoms with Gasteiger partial charge in [0.1, 0.15) is 11.3 Å². The smallest absolute Gasteiger partial charge is 0.192 e. The van der Waals surface area contributed by atoms with Gasteiger partial charge in [-0.1, -0.05) is 31.4 Å². The Hall–Kier alpha value is -2.95. The Labute approximate surface area is 182 Å². The molecule has 1 aliphatic carbocycles. The SMILES string of the molecule is CC(=O)C1=C(C)NC(C)=C(C(=O)CCC2CCC2)C1c1cccc2c(=O)cc(C)oc12. The Morgan fingerprint density at radius 1 is 1.10 bits per heavy atom. The number of benzene rings is 1. The molecule has 1 unspecified atom stereocenters. The number of carbonyl (C=O) groups excluding carboxylic acids is 2. The Bertz CT molecular complexity index is 1190. The van der Waals surface area contributed by atoms with Gasteiger partial charge in [-0.25, -0.2) is 0 Å². The topological polar surface area (TPSA) is 76.4 Å². The average Bonchev–Trinajstić information content (AvgIpc) is 2.65. The van der Waals surface area contributed by atoms with Gasteiger partial charge < -0.3 is 9.73 Å². The standard InChI is InChI=1S/C26H29NO4/c1-14-13-22(30)19-9-6-10-20(26(19)31-14)25-23(17(4)28)15(2)27-16(3)24(25)21(29)12-11-18-7-5-8-18/h6,9-10,13,18,25,27H,5,7-8,11-12H2,1-4H3. The monoisotopic (exact) mass is 419 g/mol. The molecule has 1 N–H and O–H groups in total. The second kappa shape index (κ2) is 8.29. The van der Waals surface area contributed by atoms with E-state index in [1.54, 1.807) is 19.1 Å². The van der Waals surface area contributed by atoms with Crippen molar-refractivity contribution in [3.63, 3.8) is 0 Å². The van der Waals surface area contributed by atoms with Gasteiger partial charge in [0.2, 0.25) is 0 Å². The van der Waals surface area contributed by atoms with Crippen molar-refractivity contribution in [2.45, 2.75) is 65.7 Å². The van der Waals surface area contributed by atoms with Crippen molar-refractivity contribution in [1.82, 2.24) is 5.32 Å². The van der Waals surface area contributed by atoms with Crippen LogP contribution in [0.5, 0.6) is 0 Å². The van der Waals surface area contributed by atoms with Gasteiger partial charge in [-0.3, -0.25) is 14.4 Å². The molecule has 2 aromatic rings. The molecule has 2 heterocycles. The summed E-state index contributed by atoms with van der Waals surface area (Å²) in [5.74, 6) is 0.533. The van der Waals surface area contributed by atoms with Crippen LogP contribution in [0.1, 0.15) is 70.1 Å². The van der Waals surface area contributed by atoms with Crippen molar-refractivity contribution >= 4 is 22.5 Å². The van der Waals surface area contributed by atoms with E-state index in [9.17, 15) is 14.4 Å². The van der Waals surface area contributed by atoms with E-state index in [1.165, 1.54) is 32.3 Å². The third kappa shape index (κ3) is 3.89. The number of dihydropyridines is 1. The largest absolute Gasteiger partial charge is 0.461 e. The van der Waals surface area contributed by atoms with Crippen molar-refractivity contribution < 1.29 is 14.0 Å². The Morgan fingerprint density at radius 2 is 1.81 bits per heavy atom. The molecule has 1 atom stereocenters. The molecule has 1 fully saturated rings. The van der Waals surface area contributed by atoms with Crippen molar-refractivity contribution in [2.24, 2.45) is 5.92 Å². The van der Waals surface area contributed by atoms with E-state index in [0.717, 1.165) is 17.8 Å². The minimum atomic E-state index is -0.554. The van der Waals surface area contributed by atoms with Crippen molar-refractivity contribution in [1.29, 1.82) is 0 Å². The maximum absolute atomic E-state index is 13.5. The van der Waals surface area contributed by atoms with Gasteiger partial charge in [0.15, 0.2) is 17.0 Å². The number of fused-ring (bicyclic) bond motifs is 1. The fourth-order valence-corrected chi connectivity index (χ4v) is 4.94. The van der Waals surface area contributed by atoms with Crippen molar-refractivity contribution in [3.05, 3.63) is 68.4 Å². The number of allylic oxidation sites excluding steroid dienone is 4. The van der Waals surface area contributed by atoms with E-state index in [2.05, 4.69) is 5.32 Å². The second-order valence-corrected chi connectivity index (χ2v) is 8.90. The maximum atomic E-state index is 13.5. The summed E-state index contributed by atoms with van der Waals surface area (Å²) in [4.78, 5) is 38.8. The van der Waals surface area contributed by atoms with Gasteiger partial charge in [0, 0.05) is 46.5 Å². The highest BCUT2D eigenvalue weighted by molar-refractivity contribution is 6.05. The fourth-order valence-electron chi connectivity index (χ4n) is 4.94. The van der Waals surface area contributed by atoms with E-state index in [1.807, 2.05) is 19.9 Å². The van der Waals surface area contributed by atoms with Crippen molar-refractivity contribution in [3.8, 4) is 0 Å². The molecule has 1 saturated carbocycles. The molecule has 0 amide bonds. The van der Waals surface area contributed by atoms with Crippen LogP contribution in [0.2, 0.25) is 0 Å². The van der Waals surface area contributed by atoms with Crippen LogP contribution in [-0.4, -0.2) is 11.6 Å². The first-order chi connectivity index (χ1) is 14.8. The number of para-hydroxylation sites is 1. The van der Waals surface area contributed by atoms with Crippen LogP contribution in [0.4, 0.5) is 0 Å². The van der Waals surface area contributed by atoms with Crippen LogP contribution in [0.15, 0.2) is 56.0 Å². The first-order valence-corrected chi connectivity index (χ1v) is 11.0. The highest BCUT2D eigenvalue weighted by Gasteiger charge is 2.36. The number of nitrogens with one attached hydrogen (secondary N) is 1. The van der Waals surface area contributed by atoms with E-state index < -0.39 is 5.92 Å². The number of ketones is 2. The minimum Gasteiger partial charge on any atom is -0.461 e. The summed E-state index contributed by atoms with van der Waals surface area (Å²) < 4.78 is 5.99. The van der Waals surface area contributed by atoms with E-state index in [-0.39, 0.29) is 17.0 Å². The summed E-state index contributed by atoms with van der Waals surface area (Å²) in [6.07, 6.45) is 4.98. The quantitative estimate of drug-likeness (QED) is 0.707. The summed E-state index contributed by atoms with van der Waals surface area (Å²) >= 11 is 0. The lowest BCUT2D eigenvalue weighted by Crippen LogP contribution is -2.31. The van der Waals surface area contributed by atoms with Gasteiger partial charge in [-0.05, 0) is 46.1 Å². The molecule has 1 aromatic heterocycles. The van der Waals surface area contributed by atoms with E-state index in [0.29, 0.717) is 45.8 Å². The van der Waals surface area contributed by atoms with Crippen LogP contribution in [0.25, 0.3) is 11.0 Å². The summed E-state index contributed by atoms with van der Waals surface area (Å²) in [7, 11) is 0.